The smallest absolute Gasteiger partial charge is 0.256 e. The molecule has 0 spiro atoms. The molecule has 6 nitrogen and oxygen atoms in total. The number of likely N-dealkylation sites (N-methyl/N-ethyl adjacent to an activating group) is 1. The maximum Gasteiger partial charge on any atom is 0.256 e. The second-order valence-electron chi connectivity index (χ2n) is 7.69. The van der Waals surface area contributed by atoms with E-state index in [1.165, 1.54) is 0 Å². The van der Waals surface area contributed by atoms with Crippen molar-refractivity contribution in [1.29, 1.82) is 0 Å². The first kappa shape index (κ1) is 18.2. The Balaban J connectivity index is 1.54. The Labute approximate surface area is 151 Å². The summed E-state index contributed by atoms with van der Waals surface area (Å²) in [5, 5.41) is 5.32. The molecule has 0 saturated heterocycles. The average Bonchev–Trinajstić information content (AvgIpc) is 3.26. The van der Waals surface area contributed by atoms with Gasteiger partial charge in [-0.25, -0.2) is 4.39 Å². The maximum absolute atomic E-state index is 13.7. The molecule has 2 amide bonds. The molecule has 2 fully saturated rings. The van der Waals surface area contributed by atoms with Gasteiger partial charge in [0.15, 0.2) is 5.13 Å². The van der Waals surface area contributed by atoms with E-state index < -0.39 is 16.1 Å². The van der Waals surface area contributed by atoms with Crippen molar-refractivity contribution >= 4 is 23.4 Å². The highest BCUT2D eigenvalue weighted by molar-refractivity contribution is 6.25. The van der Waals surface area contributed by atoms with Crippen LogP contribution in [0.25, 0.3) is 0 Å². The fourth-order valence-electron chi connectivity index (χ4n) is 3.20. The molecule has 2 aliphatic carbocycles. The lowest BCUT2D eigenvalue weighted by atomic mass is 10.0. The standard InChI is InChI=1S/C17H24ClFN4O2/c1-4-23-9-12(8-20-23)14(25)22(3)11-16(5-6-16)21-13(24)7-15(2)10-17(15,18)19/h8-9H,4-7,10-11H2,1-3H3,(H,21,24). The predicted molar refractivity (Wildman–Crippen MR) is 92.0 cm³/mol. The van der Waals surface area contributed by atoms with Crippen LogP contribution in [0.1, 0.15) is 49.9 Å². The minimum Gasteiger partial charge on any atom is -0.349 e. The van der Waals surface area contributed by atoms with E-state index in [1.807, 2.05) is 6.92 Å². The number of nitrogens with one attached hydrogen (secondary N) is 1. The van der Waals surface area contributed by atoms with Crippen molar-refractivity contribution < 1.29 is 14.0 Å². The Bertz CT molecular complexity index is 701. The third-order valence-corrected chi connectivity index (χ3v) is 5.86. The van der Waals surface area contributed by atoms with Gasteiger partial charge in [-0.3, -0.25) is 14.3 Å². The number of aryl methyl sites for hydroxylation is 1. The van der Waals surface area contributed by atoms with Gasteiger partial charge in [-0.05, 0) is 19.8 Å². The molecule has 25 heavy (non-hydrogen) atoms. The molecule has 1 N–H and O–H groups in total. The molecule has 1 heterocycles. The molecule has 2 atom stereocenters. The van der Waals surface area contributed by atoms with Crippen LogP contribution in [-0.4, -0.2) is 50.8 Å². The fraction of sp³-hybridized carbons (Fsp3) is 0.706. The van der Waals surface area contributed by atoms with Gasteiger partial charge in [-0.15, -0.1) is 0 Å². The number of carbonyl (C=O) groups excluding carboxylic acids is 2. The summed E-state index contributed by atoms with van der Waals surface area (Å²) < 4.78 is 15.4. The molecule has 8 heteroatoms. The molecule has 0 aromatic carbocycles. The Morgan fingerprint density at radius 1 is 1.48 bits per heavy atom. The number of hydrogen-bond acceptors (Lipinski definition) is 3. The van der Waals surface area contributed by atoms with Gasteiger partial charge in [0, 0.05) is 44.6 Å². The van der Waals surface area contributed by atoms with Gasteiger partial charge in [0.1, 0.15) is 0 Å². The molecular weight excluding hydrogens is 347 g/mol. The van der Waals surface area contributed by atoms with Gasteiger partial charge in [-0.1, -0.05) is 18.5 Å². The molecule has 138 valence electrons. The zero-order chi connectivity index (χ0) is 18.5. The van der Waals surface area contributed by atoms with Crippen LogP contribution in [-0.2, 0) is 11.3 Å². The molecule has 1 aromatic heterocycles. The molecule has 1 aromatic rings. The summed E-state index contributed by atoms with van der Waals surface area (Å²) in [5.74, 6) is -0.335. The van der Waals surface area contributed by atoms with Crippen molar-refractivity contribution in [1.82, 2.24) is 20.0 Å². The third kappa shape index (κ3) is 3.66. The van der Waals surface area contributed by atoms with Gasteiger partial charge in [0.25, 0.3) is 5.91 Å². The molecule has 2 aliphatic rings. The minimum atomic E-state index is -1.77. The monoisotopic (exact) mass is 370 g/mol. The molecule has 3 rings (SSSR count). The number of alkyl halides is 2. The summed E-state index contributed by atoms with van der Waals surface area (Å²) in [4.78, 5) is 26.3. The number of amides is 2. The summed E-state index contributed by atoms with van der Waals surface area (Å²) >= 11 is 5.68. The first-order valence-corrected chi connectivity index (χ1v) is 8.94. The number of hydrogen-bond donors (Lipinski definition) is 1. The van der Waals surface area contributed by atoms with Crippen LogP contribution >= 0.6 is 11.6 Å². The topological polar surface area (TPSA) is 67.2 Å². The van der Waals surface area contributed by atoms with E-state index in [9.17, 15) is 14.0 Å². The van der Waals surface area contributed by atoms with Crippen LogP contribution in [0.3, 0.4) is 0 Å². The summed E-state index contributed by atoms with van der Waals surface area (Å²) in [6, 6.07) is 0. The zero-order valence-corrected chi connectivity index (χ0v) is 15.6. The molecule has 2 unspecified atom stereocenters. The lowest BCUT2D eigenvalue weighted by Gasteiger charge is -2.25. The van der Waals surface area contributed by atoms with Crippen molar-refractivity contribution in [2.24, 2.45) is 5.41 Å². The number of carbonyl (C=O) groups is 2. The number of aromatic nitrogens is 2. The second kappa shape index (κ2) is 5.97. The van der Waals surface area contributed by atoms with E-state index in [4.69, 9.17) is 11.6 Å². The zero-order valence-electron chi connectivity index (χ0n) is 14.8. The first-order valence-electron chi connectivity index (χ1n) is 8.57. The van der Waals surface area contributed by atoms with Crippen LogP contribution in [0.4, 0.5) is 4.39 Å². The van der Waals surface area contributed by atoms with E-state index in [0.29, 0.717) is 18.7 Å². The minimum absolute atomic E-state index is 0.0652. The summed E-state index contributed by atoms with van der Waals surface area (Å²) in [5.41, 5.74) is -0.662. The largest absolute Gasteiger partial charge is 0.349 e. The fourth-order valence-corrected chi connectivity index (χ4v) is 3.56. The van der Waals surface area contributed by atoms with Crippen molar-refractivity contribution in [3.05, 3.63) is 18.0 Å². The highest BCUT2D eigenvalue weighted by Gasteiger charge is 2.66. The third-order valence-electron chi connectivity index (χ3n) is 5.27. The number of halogens is 2. The Hall–Kier alpha value is -1.63. The molecule has 0 aliphatic heterocycles. The highest BCUT2D eigenvalue weighted by atomic mass is 35.5. The van der Waals surface area contributed by atoms with Crippen molar-refractivity contribution in [3.63, 3.8) is 0 Å². The van der Waals surface area contributed by atoms with E-state index in [0.717, 1.165) is 12.8 Å². The number of nitrogens with zero attached hydrogens (tertiary/aromatic N) is 3. The average molecular weight is 371 g/mol. The van der Waals surface area contributed by atoms with Gasteiger partial charge < -0.3 is 10.2 Å². The highest BCUT2D eigenvalue weighted by Crippen LogP contribution is 2.64. The summed E-state index contributed by atoms with van der Waals surface area (Å²) in [7, 11) is 1.71. The predicted octanol–water partition coefficient (Wildman–Crippen LogP) is 2.33. The van der Waals surface area contributed by atoms with E-state index in [-0.39, 0.29) is 24.7 Å². The van der Waals surface area contributed by atoms with Gasteiger partial charge in [-0.2, -0.15) is 5.10 Å². The van der Waals surface area contributed by atoms with Crippen LogP contribution < -0.4 is 5.32 Å². The number of rotatable bonds is 7. The maximum atomic E-state index is 13.7. The SMILES string of the molecule is CCn1cc(C(=O)N(C)CC2(NC(=O)CC3(C)CC3(F)Cl)CC2)cn1. The molecular formula is C17H24ClFN4O2. The van der Waals surface area contributed by atoms with Crippen LogP contribution in [0, 0.1) is 5.41 Å². The molecule has 2 saturated carbocycles. The lowest BCUT2D eigenvalue weighted by Crippen LogP contribution is -2.47. The lowest BCUT2D eigenvalue weighted by molar-refractivity contribution is -0.123. The quantitative estimate of drug-likeness (QED) is 0.749. The van der Waals surface area contributed by atoms with Crippen LogP contribution in [0.5, 0.6) is 0 Å². The Morgan fingerprint density at radius 2 is 2.12 bits per heavy atom. The summed E-state index contributed by atoms with van der Waals surface area (Å²) in [6.07, 6.45) is 5.14. The van der Waals surface area contributed by atoms with E-state index in [2.05, 4.69) is 10.4 Å². The van der Waals surface area contributed by atoms with E-state index in [1.54, 1.807) is 35.9 Å². The van der Waals surface area contributed by atoms with Crippen molar-refractivity contribution in [2.75, 3.05) is 13.6 Å². The van der Waals surface area contributed by atoms with Gasteiger partial charge >= 0.3 is 0 Å². The molecule has 0 bridgehead atoms. The first-order chi connectivity index (χ1) is 11.6. The Morgan fingerprint density at radius 3 is 2.60 bits per heavy atom. The molecule has 0 radical (unpaired) electrons. The van der Waals surface area contributed by atoms with E-state index >= 15 is 0 Å². The van der Waals surface area contributed by atoms with Crippen molar-refractivity contribution in [2.45, 2.75) is 56.7 Å². The summed E-state index contributed by atoms with van der Waals surface area (Å²) in [6.45, 7) is 4.76. The normalized spacial score (nSPS) is 29.2. The van der Waals surface area contributed by atoms with Gasteiger partial charge in [0.2, 0.25) is 5.91 Å². The van der Waals surface area contributed by atoms with Gasteiger partial charge in [0.05, 0.1) is 17.3 Å². The van der Waals surface area contributed by atoms with Crippen LogP contribution in [0.2, 0.25) is 0 Å². The van der Waals surface area contributed by atoms with Crippen LogP contribution in [0.15, 0.2) is 12.4 Å². The Kier molecular flexibility index (Phi) is 4.34. The van der Waals surface area contributed by atoms with Crippen molar-refractivity contribution in [3.8, 4) is 0 Å². The second-order valence-corrected chi connectivity index (χ2v) is 8.29.